The average Bonchev–Trinajstić information content (AvgIpc) is 1.78. The van der Waals surface area contributed by atoms with E-state index in [0.29, 0.717) is 0 Å². The molecular weight excluding hydrogens is 177 g/mol. The maximum absolute atomic E-state index is 11.1. The molecule has 72 valence electrons. The van der Waals surface area contributed by atoms with Crippen LogP contribution in [0.1, 0.15) is 20.8 Å². The van der Waals surface area contributed by atoms with Crippen LogP contribution in [0.25, 0.3) is 0 Å². The third-order valence-electron chi connectivity index (χ3n) is 1.57. The van der Waals surface area contributed by atoms with Crippen molar-refractivity contribution < 1.29 is 23.9 Å². The quantitative estimate of drug-likeness (QED) is 0.329. The summed E-state index contributed by atoms with van der Waals surface area (Å²) < 4.78 is 9.43. The van der Waals surface area contributed by atoms with E-state index in [0.717, 1.165) is 6.92 Å². The van der Waals surface area contributed by atoms with Crippen molar-refractivity contribution >= 4 is 17.7 Å². The maximum atomic E-state index is 11.1. The first-order chi connectivity index (χ1) is 5.83. The molecule has 0 saturated carbocycles. The van der Waals surface area contributed by atoms with Crippen LogP contribution in [0.5, 0.6) is 0 Å². The van der Waals surface area contributed by atoms with Crippen molar-refractivity contribution in [3.05, 3.63) is 0 Å². The Balaban J connectivity index is 2.89. The number of cyclic esters (lactones) is 2. The van der Waals surface area contributed by atoms with Gasteiger partial charge in [0, 0.05) is 13.8 Å². The number of rotatable bonds is 1. The van der Waals surface area contributed by atoms with Crippen LogP contribution in [0.4, 0.5) is 0 Å². The van der Waals surface area contributed by atoms with Crippen LogP contribution in [-0.2, 0) is 23.9 Å². The second-order valence-electron chi connectivity index (χ2n) is 3.29. The van der Waals surface area contributed by atoms with Gasteiger partial charge in [-0.25, -0.2) is 0 Å². The minimum Gasteiger partial charge on any atom is -0.422 e. The molecule has 0 aromatic carbocycles. The molecule has 5 heteroatoms. The zero-order valence-corrected chi connectivity index (χ0v) is 7.62. The Morgan fingerprint density at radius 3 is 1.92 bits per heavy atom. The van der Waals surface area contributed by atoms with Gasteiger partial charge in [0.2, 0.25) is 5.92 Å². The van der Waals surface area contributed by atoms with E-state index in [4.69, 9.17) is 9.47 Å². The summed E-state index contributed by atoms with van der Waals surface area (Å²) in [5.41, 5.74) is 0. The average molecular weight is 187 g/mol. The molecule has 0 radical (unpaired) electrons. The number of ketones is 1. The molecule has 0 atom stereocenters. The highest BCUT2D eigenvalue weighted by Gasteiger charge is 2.45. The molecule has 0 spiro atoms. The van der Waals surface area contributed by atoms with Crippen LogP contribution < -0.4 is 0 Å². The highest BCUT2D eigenvalue weighted by atomic mass is 16.7. The molecule has 0 aliphatic carbocycles. The molecule has 0 N–H and O–H groups in total. The number of esters is 2. The molecule has 1 heterocycles. The van der Waals surface area contributed by atoms with E-state index >= 15 is 0 Å². The molecule has 1 rings (SSSR count). The molecule has 0 bridgehead atoms. The van der Waals surface area contributed by atoms with Crippen molar-refractivity contribution in [2.45, 2.75) is 26.6 Å². The number of Topliss-reactive ketones (excluding diaryl/α,β-unsaturated/α-hetero) is 1. The molecule has 0 amide bonds. The highest BCUT2D eigenvalue weighted by Crippen LogP contribution is 2.23. The van der Waals surface area contributed by atoms with E-state index in [2.05, 4.69) is 0 Å². The monoisotopic (exact) mass is 187 g/mol. The lowest BCUT2D eigenvalue weighted by molar-refractivity contribution is -0.238. The fourth-order valence-corrected chi connectivity index (χ4v) is 1.05. The summed E-state index contributed by atoms with van der Waals surface area (Å²) in [4.78, 5) is 33.1. The van der Waals surface area contributed by atoms with E-state index in [9.17, 15) is 14.4 Å². The van der Waals surface area contributed by atoms with Gasteiger partial charge in [0.1, 0.15) is 0 Å². The predicted octanol–water partition coefficient (Wildman–Crippen LogP) is 0.0277. The number of hydrogen-bond donors (Lipinski definition) is 0. The van der Waals surface area contributed by atoms with E-state index in [1.807, 2.05) is 0 Å². The zero-order chi connectivity index (χ0) is 10.2. The van der Waals surface area contributed by atoms with Crippen molar-refractivity contribution in [3.63, 3.8) is 0 Å². The van der Waals surface area contributed by atoms with Crippen LogP contribution in [0.2, 0.25) is 0 Å². The molecule has 0 aromatic rings. The fraction of sp³-hybridized carbons (Fsp3) is 0.625. The molecule has 1 fully saturated rings. The number of carbonyl (C=O) groups is 3. The Labute approximate surface area is 75.0 Å². The van der Waals surface area contributed by atoms with Gasteiger partial charge in [-0.3, -0.25) is 14.4 Å². The van der Waals surface area contributed by atoms with Gasteiger partial charge in [-0.05, 0) is 6.92 Å². The van der Waals surface area contributed by atoms with Gasteiger partial charge in [-0.1, -0.05) is 0 Å². The van der Waals surface area contributed by atoms with Crippen molar-refractivity contribution in [1.82, 2.24) is 0 Å². The van der Waals surface area contributed by atoms with E-state index in [1.165, 1.54) is 13.8 Å². The third-order valence-corrected chi connectivity index (χ3v) is 1.57. The maximum Gasteiger partial charge on any atom is 0.331 e. The minimum atomic E-state index is -1.41. The molecule has 0 unspecified atom stereocenters. The Hall–Kier alpha value is -1.39. The SMILES string of the molecule is CC1(C)OC(=O)C(C([13CH3])=O)C(=O)O1. The molecule has 0 aromatic heterocycles. The van der Waals surface area contributed by atoms with Crippen molar-refractivity contribution in [2.24, 2.45) is 5.92 Å². The van der Waals surface area contributed by atoms with Crippen molar-refractivity contribution in [3.8, 4) is 0 Å². The fourth-order valence-electron chi connectivity index (χ4n) is 1.05. The van der Waals surface area contributed by atoms with Crippen LogP contribution in [0.15, 0.2) is 0 Å². The third kappa shape index (κ3) is 1.85. The summed E-state index contributed by atoms with van der Waals surface area (Å²) in [6.45, 7) is 4.00. The van der Waals surface area contributed by atoms with Crippen molar-refractivity contribution in [1.29, 1.82) is 0 Å². The predicted molar refractivity (Wildman–Crippen MR) is 40.4 cm³/mol. The summed E-state index contributed by atoms with van der Waals surface area (Å²) in [6.07, 6.45) is 0. The van der Waals surface area contributed by atoms with Gasteiger partial charge in [0.15, 0.2) is 5.78 Å². The van der Waals surface area contributed by atoms with Gasteiger partial charge in [-0.2, -0.15) is 0 Å². The van der Waals surface area contributed by atoms with Gasteiger partial charge >= 0.3 is 11.9 Å². The number of hydrogen-bond acceptors (Lipinski definition) is 5. The summed E-state index contributed by atoms with van der Waals surface area (Å²) in [5.74, 6) is -4.92. The molecule has 1 saturated heterocycles. The van der Waals surface area contributed by atoms with Gasteiger partial charge in [-0.15, -0.1) is 0 Å². The molecule has 1 aliphatic rings. The topological polar surface area (TPSA) is 69.7 Å². The smallest absolute Gasteiger partial charge is 0.331 e. The Morgan fingerprint density at radius 1 is 1.23 bits per heavy atom. The van der Waals surface area contributed by atoms with E-state index in [1.54, 1.807) is 0 Å². The van der Waals surface area contributed by atoms with Gasteiger partial charge < -0.3 is 9.47 Å². The van der Waals surface area contributed by atoms with Crippen LogP contribution in [0, 0.1) is 5.92 Å². The van der Waals surface area contributed by atoms with E-state index < -0.39 is 29.4 Å². The summed E-state index contributed by atoms with van der Waals surface area (Å²) in [6, 6.07) is 0. The van der Waals surface area contributed by atoms with Gasteiger partial charge in [0.25, 0.3) is 5.79 Å². The lowest BCUT2D eigenvalue weighted by atomic mass is 10.1. The highest BCUT2D eigenvalue weighted by molar-refractivity contribution is 6.15. The number of carbonyl (C=O) groups excluding carboxylic acids is 3. The van der Waals surface area contributed by atoms with Crippen LogP contribution in [0.3, 0.4) is 0 Å². The van der Waals surface area contributed by atoms with E-state index in [-0.39, 0.29) is 0 Å². The lowest BCUT2D eigenvalue weighted by Crippen LogP contribution is -2.48. The normalized spacial score (nSPS) is 22.1. The summed E-state index contributed by atoms with van der Waals surface area (Å²) in [5, 5.41) is 0. The summed E-state index contributed by atoms with van der Waals surface area (Å²) >= 11 is 0. The summed E-state index contributed by atoms with van der Waals surface area (Å²) in [7, 11) is 0. The minimum absolute atomic E-state index is 0.564. The number of ether oxygens (including phenoxy) is 2. The second kappa shape index (κ2) is 2.83. The van der Waals surface area contributed by atoms with Gasteiger partial charge in [0.05, 0.1) is 0 Å². The molecule has 13 heavy (non-hydrogen) atoms. The largest absolute Gasteiger partial charge is 0.422 e. The second-order valence-corrected chi connectivity index (χ2v) is 3.29. The lowest BCUT2D eigenvalue weighted by Gasteiger charge is -2.31. The standard InChI is InChI=1S/C8H10O5/c1-4(9)5-6(10)12-8(2,3)13-7(5)11/h5H,1-3H3/i1+1. The van der Waals surface area contributed by atoms with Crippen LogP contribution in [-0.4, -0.2) is 23.5 Å². The zero-order valence-electron chi connectivity index (χ0n) is 7.62. The molecular formula is C8H10O5. The molecule has 1 aliphatic heterocycles. The molecule has 5 nitrogen and oxygen atoms in total. The van der Waals surface area contributed by atoms with Crippen LogP contribution >= 0.6 is 0 Å². The first-order valence-corrected chi connectivity index (χ1v) is 3.79. The Bertz CT molecular complexity index is 258. The Kier molecular flexibility index (Phi) is 2.11. The first-order valence-electron chi connectivity index (χ1n) is 3.79. The first kappa shape index (κ1) is 9.70. The Morgan fingerprint density at radius 2 is 1.62 bits per heavy atom. The van der Waals surface area contributed by atoms with Crippen molar-refractivity contribution in [2.75, 3.05) is 0 Å².